The fourth-order valence-electron chi connectivity index (χ4n) is 3.34. The number of rotatable bonds is 6. The number of hydrogen-bond donors (Lipinski definition) is 1. The van der Waals surface area contributed by atoms with Crippen molar-refractivity contribution in [3.05, 3.63) is 95.6 Å². The number of Topliss-reactive ketones (excluding diaryl/α,β-unsaturated/α-hetero) is 1. The number of ketones is 1. The fourth-order valence-corrected chi connectivity index (χ4v) is 3.34. The molecule has 0 fully saturated rings. The Morgan fingerprint density at radius 2 is 1.68 bits per heavy atom. The van der Waals surface area contributed by atoms with Gasteiger partial charge in [0.2, 0.25) is 5.82 Å². The Morgan fingerprint density at radius 1 is 0.941 bits per heavy atom. The van der Waals surface area contributed by atoms with Gasteiger partial charge >= 0.3 is 6.18 Å². The van der Waals surface area contributed by atoms with Crippen LogP contribution in [0.5, 0.6) is 0 Å². The Balaban J connectivity index is 1.68. The van der Waals surface area contributed by atoms with Crippen molar-refractivity contribution < 1.29 is 22.8 Å². The smallest absolute Gasteiger partial charge is 0.324 e. The van der Waals surface area contributed by atoms with Crippen molar-refractivity contribution in [2.24, 2.45) is 0 Å². The molecule has 0 spiro atoms. The zero-order chi connectivity index (χ0) is 24.3. The van der Waals surface area contributed by atoms with Crippen LogP contribution < -0.4 is 5.32 Å². The average Bonchev–Trinajstić information content (AvgIpc) is 3.29. The van der Waals surface area contributed by atoms with Gasteiger partial charge in [-0.15, -0.1) is 15.0 Å². The Labute approximate surface area is 192 Å². The molecule has 1 heterocycles. The summed E-state index contributed by atoms with van der Waals surface area (Å²) in [5.74, 6) is -0.724. The molecule has 1 amide bonds. The SMILES string of the molecule is CC(=O)c1cccc(NC(=O)C(c2ccccc2)n2nnc(-c3cccc(C(F)(F)F)c3)n2)c1. The summed E-state index contributed by atoms with van der Waals surface area (Å²) in [4.78, 5) is 26.0. The van der Waals surface area contributed by atoms with E-state index < -0.39 is 23.7 Å². The van der Waals surface area contributed by atoms with E-state index in [1.165, 1.54) is 19.1 Å². The quantitative estimate of drug-likeness (QED) is 0.414. The molecular weight excluding hydrogens is 447 g/mol. The van der Waals surface area contributed by atoms with Gasteiger partial charge in [-0.1, -0.05) is 54.6 Å². The van der Waals surface area contributed by atoms with E-state index in [0.29, 0.717) is 16.8 Å². The van der Waals surface area contributed by atoms with Gasteiger partial charge in [-0.25, -0.2) is 0 Å². The predicted octanol–water partition coefficient (Wildman–Crippen LogP) is 4.79. The van der Waals surface area contributed by atoms with Gasteiger partial charge in [0.05, 0.1) is 5.56 Å². The zero-order valence-electron chi connectivity index (χ0n) is 17.8. The van der Waals surface area contributed by atoms with E-state index in [9.17, 15) is 22.8 Å². The molecule has 0 saturated heterocycles. The maximum absolute atomic E-state index is 13.3. The van der Waals surface area contributed by atoms with Crippen LogP contribution in [0.15, 0.2) is 78.9 Å². The van der Waals surface area contributed by atoms with Crippen LogP contribution in [0.4, 0.5) is 18.9 Å². The molecule has 0 saturated carbocycles. The second kappa shape index (κ2) is 9.26. The number of benzene rings is 3. The number of anilines is 1. The van der Waals surface area contributed by atoms with Crippen LogP contribution in [0.1, 0.15) is 34.5 Å². The molecule has 0 aliphatic rings. The van der Waals surface area contributed by atoms with Gasteiger partial charge in [-0.2, -0.15) is 13.2 Å². The first kappa shape index (κ1) is 22.8. The second-order valence-corrected chi connectivity index (χ2v) is 7.45. The van der Waals surface area contributed by atoms with E-state index in [1.807, 2.05) is 0 Å². The minimum Gasteiger partial charge on any atom is -0.324 e. The van der Waals surface area contributed by atoms with Gasteiger partial charge in [0.15, 0.2) is 11.8 Å². The molecule has 4 rings (SSSR count). The number of carbonyl (C=O) groups is 2. The monoisotopic (exact) mass is 465 g/mol. The number of tetrazole rings is 1. The van der Waals surface area contributed by atoms with E-state index >= 15 is 0 Å². The number of halogens is 3. The van der Waals surface area contributed by atoms with Crippen molar-refractivity contribution in [2.45, 2.75) is 19.1 Å². The largest absolute Gasteiger partial charge is 0.416 e. The third-order valence-corrected chi connectivity index (χ3v) is 5.01. The third kappa shape index (κ3) is 5.01. The van der Waals surface area contributed by atoms with Crippen LogP contribution in [0, 0.1) is 0 Å². The molecule has 172 valence electrons. The van der Waals surface area contributed by atoms with Crippen LogP contribution in [-0.2, 0) is 11.0 Å². The lowest BCUT2D eigenvalue weighted by atomic mass is 10.1. The first-order chi connectivity index (χ1) is 16.2. The second-order valence-electron chi connectivity index (χ2n) is 7.45. The molecule has 4 aromatic rings. The molecule has 3 aromatic carbocycles. The summed E-state index contributed by atoms with van der Waals surface area (Å²) >= 11 is 0. The summed E-state index contributed by atoms with van der Waals surface area (Å²) < 4.78 is 39.3. The van der Waals surface area contributed by atoms with Gasteiger partial charge in [0, 0.05) is 16.8 Å². The molecule has 0 aliphatic heterocycles. The Hall–Kier alpha value is -4.34. The lowest BCUT2D eigenvalue weighted by Crippen LogP contribution is -2.28. The molecule has 0 aliphatic carbocycles. The molecule has 0 radical (unpaired) electrons. The van der Waals surface area contributed by atoms with Crippen molar-refractivity contribution in [3.8, 4) is 11.4 Å². The van der Waals surface area contributed by atoms with Crippen LogP contribution in [0.3, 0.4) is 0 Å². The van der Waals surface area contributed by atoms with Gasteiger partial charge in [-0.3, -0.25) is 9.59 Å². The summed E-state index contributed by atoms with van der Waals surface area (Å²) in [5, 5.41) is 14.8. The van der Waals surface area contributed by atoms with Crippen LogP contribution in [-0.4, -0.2) is 31.9 Å². The summed E-state index contributed by atoms with van der Waals surface area (Å²) in [6.07, 6.45) is -4.52. The minimum absolute atomic E-state index is 0.0570. The lowest BCUT2D eigenvalue weighted by Gasteiger charge is -2.16. The van der Waals surface area contributed by atoms with Crippen molar-refractivity contribution in [2.75, 3.05) is 5.32 Å². The average molecular weight is 465 g/mol. The molecule has 1 unspecified atom stereocenters. The maximum Gasteiger partial charge on any atom is 0.416 e. The standard InChI is InChI=1S/C24H18F3N5O2/c1-15(33)17-9-6-12-20(14-17)28-23(34)21(16-7-3-2-4-8-16)32-30-22(29-31-32)18-10-5-11-19(13-18)24(25,26)27/h2-14,21H,1H3,(H,28,34). The fraction of sp³-hybridized carbons (Fsp3) is 0.125. The molecule has 7 nitrogen and oxygen atoms in total. The predicted molar refractivity (Wildman–Crippen MR) is 118 cm³/mol. The van der Waals surface area contributed by atoms with E-state index in [0.717, 1.165) is 16.9 Å². The van der Waals surface area contributed by atoms with Gasteiger partial charge < -0.3 is 5.32 Å². The summed E-state index contributed by atoms with van der Waals surface area (Å²) in [7, 11) is 0. The number of nitrogens with one attached hydrogen (secondary N) is 1. The lowest BCUT2D eigenvalue weighted by molar-refractivity contribution is -0.137. The molecule has 1 N–H and O–H groups in total. The normalized spacial score (nSPS) is 12.2. The van der Waals surface area contributed by atoms with E-state index in [2.05, 4.69) is 20.7 Å². The van der Waals surface area contributed by atoms with Crippen LogP contribution in [0.25, 0.3) is 11.4 Å². The van der Waals surface area contributed by atoms with Gasteiger partial charge in [0.25, 0.3) is 5.91 Å². The minimum atomic E-state index is -4.52. The van der Waals surface area contributed by atoms with E-state index in [4.69, 9.17) is 0 Å². The van der Waals surface area contributed by atoms with Crippen molar-refractivity contribution in [1.82, 2.24) is 20.2 Å². The van der Waals surface area contributed by atoms with Gasteiger partial charge in [-0.05, 0) is 42.0 Å². The van der Waals surface area contributed by atoms with Crippen LogP contribution in [0.2, 0.25) is 0 Å². The molecule has 1 atom stereocenters. The number of alkyl halides is 3. The molecule has 0 bridgehead atoms. The molecule has 34 heavy (non-hydrogen) atoms. The molecule has 1 aromatic heterocycles. The number of nitrogens with zero attached hydrogens (tertiary/aromatic N) is 4. The topological polar surface area (TPSA) is 89.8 Å². The summed E-state index contributed by atoms with van der Waals surface area (Å²) in [5.41, 5.74) is 0.638. The van der Waals surface area contributed by atoms with Crippen LogP contribution >= 0.6 is 0 Å². The summed E-state index contributed by atoms with van der Waals surface area (Å²) in [6, 6.07) is 18.6. The highest BCUT2D eigenvalue weighted by Gasteiger charge is 2.31. The highest BCUT2D eigenvalue weighted by atomic mass is 19.4. The molecule has 10 heteroatoms. The number of amides is 1. The summed E-state index contributed by atoms with van der Waals surface area (Å²) in [6.45, 7) is 1.42. The third-order valence-electron chi connectivity index (χ3n) is 5.01. The number of hydrogen-bond acceptors (Lipinski definition) is 5. The molecular formula is C24H18F3N5O2. The highest BCUT2D eigenvalue weighted by Crippen LogP contribution is 2.31. The van der Waals surface area contributed by atoms with E-state index in [-0.39, 0.29) is 17.2 Å². The maximum atomic E-state index is 13.3. The number of aromatic nitrogens is 4. The Kier molecular flexibility index (Phi) is 6.22. The first-order valence-corrected chi connectivity index (χ1v) is 10.2. The first-order valence-electron chi connectivity index (χ1n) is 10.2. The Morgan fingerprint density at radius 3 is 2.38 bits per heavy atom. The van der Waals surface area contributed by atoms with Gasteiger partial charge in [0.1, 0.15) is 0 Å². The zero-order valence-corrected chi connectivity index (χ0v) is 17.8. The Bertz CT molecular complexity index is 1340. The van der Waals surface area contributed by atoms with Crippen molar-refractivity contribution in [1.29, 1.82) is 0 Å². The van der Waals surface area contributed by atoms with E-state index in [1.54, 1.807) is 54.6 Å². The number of carbonyl (C=O) groups excluding carboxylic acids is 2. The van der Waals surface area contributed by atoms with Crippen molar-refractivity contribution >= 4 is 17.4 Å². The highest BCUT2D eigenvalue weighted by molar-refractivity contribution is 5.98. The van der Waals surface area contributed by atoms with Crippen molar-refractivity contribution in [3.63, 3.8) is 0 Å².